The van der Waals surface area contributed by atoms with Crippen LogP contribution in [0.15, 0.2) is 18.2 Å². The van der Waals surface area contributed by atoms with Crippen molar-refractivity contribution in [3.05, 3.63) is 33.9 Å². The second-order valence-electron chi connectivity index (χ2n) is 6.37. The molecule has 1 fully saturated rings. The minimum absolute atomic E-state index is 0.112. The first-order valence-corrected chi connectivity index (χ1v) is 7.63. The molecule has 3 atom stereocenters. The number of likely N-dealkylation sites (tertiary alicyclic amines) is 1. The fourth-order valence-electron chi connectivity index (χ4n) is 3.35. The van der Waals surface area contributed by atoms with Crippen LogP contribution < -0.4 is 4.74 Å². The van der Waals surface area contributed by atoms with Gasteiger partial charge in [-0.15, -0.1) is 0 Å². The molecule has 1 aromatic carbocycles. The van der Waals surface area contributed by atoms with E-state index in [9.17, 15) is 15.2 Å². The van der Waals surface area contributed by atoms with Crippen molar-refractivity contribution in [2.75, 3.05) is 26.7 Å². The molecule has 6 nitrogen and oxygen atoms in total. The molecule has 1 N–H and O–H groups in total. The standard InChI is InChI=1S/C16H24N2O4/c1-11-6-12(2)9-17(8-11)10-15(19)13-4-5-16(22-3)14(7-13)18(20)21/h4-5,7,11-12,15,19H,6,8-10H2,1-3H3. The predicted molar refractivity (Wildman–Crippen MR) is 84.0 cm³/mol. The van der Waals surface area contributed by atoms with Crippen molar-refractivity contribution in [3.63, 3.8) is 0 Å². The number of ether oxygens (including phenoxy) is 1. The molecule has 1 aromatic rings. The van der Waals surface area contributed by atoms with Crippen molar-refractivity contribution in [2.45, 2.75) is 26.4 Å². The van der Waals surface area contributed by atoms with E-state index < -0.39 is 11.0 Å². The number of aliphatic hydroxyl groups excluding tert-OH is 1. The minimum atomic E-state index is -0.734. The highest BCUT2D eigenvalue weighted by Crippen LogP contribution is 2.31. The maximum absolute atomic E-state index is 11.1. The number of β-amino-alcohol motifs (C(OH)–C–C–N with tert-alkyl or cyclic N) is 1. The Bertz CT molecular complexity index is 525. The van der Waals surface area contributed by atoms with Gasteiger partial charge in [0.25, 0.3) is 0 Å². The van der Waals surface area contributed by atoms with Crippen LogP contribution in [0.3, 0.4) is 0 Å². The summed E-state index contributed by atoms with van der Waals surface area (Å²) in [5.41, 5.74) is 0.442. The highest BCUT2D eigenvalue weighted by Gasteiger charge is 2.25. The summed E-state index contributed by atoms with van der Waals surface area (Å²) in [6.45, 7) is 6.85. The van der Waals surface area contributed by atoms with Gasteiger partial charge in [-0.05, 0) is 29.9 Å². The van der Waals surface area contributed by atoms with Gasteiger partial charge in [0.1, 0.15) is 0 Å². The molecular weight excluding hydrogens is 284 g/mol. The zero-order chi connectivity index (χ0) is 16.3. The highest BCUT2D eigenvalue weighted by atomic mass is 16.6. The van der Waals surface area contributed by atoms with Crippen LogP contribution in [0.1, 0.15) is 31.9 Å². The molecule has 1 aliphatic heterocycles. The molecule has 3 unspecified atom stereocenters. The predicted octanol–water partition coefficient (Wildman–Crippen LogP) is 2.61. The van der Waals surface area contributed by atoms with Crippen LogP contribution in [0.25, 0.3) is 0 Å². The molecule has 22 heavy (non-hydrogen) atoms. The molecule has 122 valence electrons. The summed E-state index contributed by atoms with van der Waals surface area (Å²) >= 11 is 0. The Morgan fingerprint density at radius 3 is 2.59 bits per heavy atom. The molecule has 1 saturated heterocycles. The van der Waals surface area contributed by atoms with Crippen LogP contribution in [-0.4, -0.2) is 41.7 Å². The number of aliphatic hydroxyl groups is 1. The van der Waals surface area contributed by atoms with E-state index in [1.807, 2.05) is 0 Å². The van der Waals surface area contributed by atoms with Gasteiger partial charge >= 0.3 is 5.69 Å². The average molecular weight is 308 g/mol. The van der Waals surface area contributed by atoms with E-state index >= 15 is 0 Å². The SMILES string of the molecule is COc1ccc(C(O)CN2CC(C)CC(C)C2)cc1[N+](=O)[O-]. The van der Waals surface area contributed by atoms with Gasteiger partial charge in [0.15, 0.2) is 5.75 Å². The summed E-state index contributed by atoms with van der Waals surface area (Å²) < 4.78 is 4.99. The van der Waals surface area contributed by atoms with Crippen LogP contribution in [0.5, 0.6) is 5.75 Å². The van der Waals surface area contributed by atoms with E-state index in [4.69, 9.17) is 4.74 Å². The Labute approximate surface area is 130 Å². The number of nitro benzene ring substituents is 1. The number of nitro groups is 1. The maximum Gasteiger partial charge on any atom is 0.311 e. The second kappa shape index (κ2) is 7.07. The summed E-state index contributed by atoms with van der Waals surface area (Å²) in [5.74, 6) is 1.43. The fourth-order valence-corrected chi connectivity index (χ4v) is 3.35. The van der Waals surface area contributed by atoms with Gasteiger partial charge in [-0.2, -0.15) is 0 Å². The first-order valence-electron chi connectivity index (χ1n) is 7.63. The van der Waals surface area contributed by atoms with Gasteiger partial charge < -0.3 is 9.84 Å². The van der Waals surface area contributed by atoms with Crippen molar-refractivity contribution < 1.29 is 14.8 Å². The lowest BCUT2D eigenvalue weighted by Gasteiger charge is -2.36. The number of rotatable bonds is 5. The first-order chi connectivity index (χ1) is 10.4. The quantitative estimate of drug-likeness (QED) is 0.668. The number of nitrogens with zero attached hydrogens (tertiary/aromatic N) is 2. The summed E-state index contributed by atoms with van der Waals surface area (Å²) in [5, 5.41) is 21.5. The van der Waals surface area contributed by atoms with Gasteiger partial charge in [-0.1, -0.05) is 19.9 Å². The largest absolute Gasteiger partial charge is 0.490 e. The van der Waals surface area contributed by atoms with Crippen LogP contribution in [0, 0.1) is 22.0 Å². The first kappa shape index (κ1) is 16.7. The molecule has 0 bridgehead atoms. The minimum Gasteiger partial charge on any atom is -0.490 e. The van der Waals surface area contributed by atoms with E-state index in [2.05, 4.69) is 18.7 Å². The van der Waals surface area contributed by atoms with Gasteiger partial charge in [-0.25, -0.2) is 0 Å². The van der Waals surface area contributed by atoms with Gasteiger partial charge in [0.05, 0.1) is 18.1 Å². The number of benzene rings is 1. The third-order valence-corrected chi connectivity index (χ3v) is 4.16. The molecule has 0 aliphatic carbocycles. The van der Waals surface area contributed by atoms with Gasteiger partial charge in [0, 0.05) is 25.7 Å². The third kappa shape index (κ3) is 3.96. The van der Waals surface area contributed by atoms with Gasteiger partial charge in [-0.3, -0.25) is 15.0 Å². The van der Waals surface area contributed by atoms with Crippen LogP contribution >= 0.6 is 0 Å². The molecule has 0 spiro atoms. The molecule has 0 radical (unpaired) electrons. The second-order valence-corrected chi connectivity index (χ2v) is 6.37. The lowest BCUT2D eigenvalue weighted by Crippen LogP contribution is -2.40. The van der Waals surface area contributed by atoms with E-state index in [-0.39, 0.29) is 11.4 Å². The van der Waals surface area contributed by atoms with Crippen molar-refractivity contribution in [1.82, 2.24) is 4.90 Å². The summed E-state index contributed by atoms with van der Waals surface area (Å²) in [6, 6.07) is 4.63. The molecule has 6 heteroatoms. The zero-order valence-electron chi connectivity index (χ0n) is 13.4. The molecule has 1 heterocycles. The van der Waals surface area contributed by atoms with Crippen LogP contribution in [-0.2, 0) is 0 Å². The van der Waals surface area contributed by atoms with E-state index in [0.717, 1.165) is 13.1 Å². The van der Waals surface area contributed by atoms with Crippen molar-refractivity contribution in [3.8, 4) is 5.75 Å². The molecule has 0 aromatic heterocycles. The summed E-state index contributed by atoms with van der Waals surface area (Å²) in [4.78, 5) is 12.8. The maximum atomic E-state index is 11.1. The van der Waals surface area contributed by atoms with Crippen LogP contribution in [0.4, 0.5) is 5.69 Å². The average Bonchev–Trinajstić information content (AvgIpc) is 2.45. The Hall–Kier alpha value is -1.66. The van der Waals surface area contributed by atoms with Gasteiger partial charge in [0.2, 0.25) is 0 Å². The van der Waals surface area contributed by atoms with E-state index in [0.29, 0.717) is 23.9 Å². The van der Waals surface area contributed by atoms with Crippen molar-refractivity contribution in [2.24, 2.45) is 11.8 Å². The van der Waals surface area contributed by atoms with Crippen LogP contribution in [0.2, 0.25) is 0 Å². The van der Waals surface area contributed by atoms with Crippen molar-refractivity contribution >= 4 is 5.69 Å². The topological polar surface area (TPSA) is 75.8 Å². The third-order valence-electron chi connectivity index (χ3n) is 4.16. The number of piperidine rings is 1. The number of methoxy groups -OCH3 is 1. The van der Waals surface area contributed by atoms with E-state index in [1.165, 1.54) is 25.7 Å². The smallest absolute Gasteiger partial charge is 0.311 e. The molecule has 1 aliphatic rings. The molecule has 2 rings (SSSR count). The Morgan fingerprint density at radius 2 is 2.05 bits per heavy atom. The zero-order valence-corrected chi connectivity index (χ0v) is 13.4. The fraction of sp³-hybridized carbons (Fsp3) is 0.625. The monoisotopic (exact) mass is 308 g/mol. The normalized spacial score (nSPS) is 24.0. The Balaban J connectivity index is 2.10. The molecular formula is C16H24N2O4. The summed E-state index contributed by atoms with van der Waals surface area (Å²) in [7, 11) is 1.40. The lowest BCUT2D eigenvalue weighted by atomic mass is 9.91. The van der Waals surface area contributed by atoms with Crippen molar-refractivity contribution in [1.29, 1.82) is 0 Å². The highest BCUT2D eigenvalue weighted by molar-refractivity contribution is 5.49. The number of hydrogen-bond acceptors (Lipinski definition) is 5. The molecule has 0 saturated carbocycles. The lowest BCUT2D eigenvalue weighted by molar-refractivity contribution is -0.385. The summed E-state index contributed by atoms with van der Waals surface area (Å²) in [6.07, 6.45) is 0.475. The van der Waals surface area contributed by atoms with E-state index in [1.54, 1.807) is 6.07 Å². The Morgan fingerprint density at radius 1 is 1.41 bits per heavy atom. The Kier molecular flexibility index (Phi) is 5.37. The number of hydrogen-bond donors (Lipinski definition) is 1. The molecule has 0 amide bonds.